The van der Waals surface area contributed by atoms with Crippen LogP contribution in [-0.2, 0) is 9.53 Å². The molecular formula is C29H27N7O3. The zero-order valence-corrected chi connectivity index (χ0v) is 21.2. The summed E-state index contributed by atoms with van der Waals surface area (Å²) < 4.78 is 11.6. The quantitative estimate of drug-likeness (QED) is 0.390. The number of morpholine rings is 1. The van der Waals surface area contributed by atoms with E-state index in [1.165, 1.54) is 12.8 Å². The van der Waals surface area contributed by atoms with Crippen molar-refractivity contribution in [3.05, 3.63) is 83.6 Å². The van der Waals surface area contributed by atoms with Crippen LogP contribution in [0.15, 0.2) is 76.1 Å². The maximum Gasteiger partial charge on any atom is 0.317 e. The lowest BCUT2D eigenvalue weighted by Gasteiger charge is -2.29. The molecule has 4 aromatic rings. The molecule has 4 heterocycles. The first-order valence-corrected chi connectivity index (χ1v) is 13.2. The number of carbonyl (C=O) groups excluding carboxylic acids is 1. The van der Waals surface area contributed by atoms with E-state index in [2.05, 4.69) is 25.7 Å². The van der Waals surface area contributed by atoms with E-state index in [0.29, 0.717) is 36.4 Å². The fraction of sp³-hybridized carbons (Fsp3) is 0.276. The van der Waals surface area contributed by atoms with Crippen LogP contribution in [-0.4, -0.2) is 59.3 Å². The summed E-state index contributed by atoms with van der Waals surface area (Å²) in [4.78, 5) is 25.2. The van der Waals surface area contributed by atoms with E-state index in [1.54, 1.807) is 0 Å². The third-order valence-electron chi connectivity index (χ3n) is 7.11. The van der Waals surface area contributed by atoms with Gasteiger partial charge in [-0.05, 0) is 31.0 Å². The number of benzene rings is 2. The number of para-hydroxylation sites is 1. The van der Waals surface area contributed by atoms with Crippen molar-refractivity contribution in [2.45, 2.75) is 24.9 Å². The lowest BCUT2D eigenvalue weighted by atomic mass is 10.0. The lowest BCUT2D eigenvalue weighted by molar-refractivity contribution is -0.116. The standard InChI is InChI=1S/C29H27N7O3/c37-27-25(32-24(19-6-2-1-3-7-19)20-8-4-5-9-23(20)31-27)33-29-35-34-28(39-29)21-12-13-22(18-10-11-18)30-26(21)36-14-16-38-17-15-36/h1-9,12-13,18,25H,10-11,14-17H2,(H,31,37)(H,33,35)/t25-/m1/s1. The van der Waals surface area contributed by atoms with Gasteiger partial charge < -0.3 is 24.7 Å². The van der Waals surface area contributed by atoms with E-state index in [4.69, 9.17) is 19.1 Å². The van der Waals surface area contributed by atoms with Gasteiger partial charge in [-0.1, -0.05) is 53.6 Å². The van der Waals surface area contributed by atoms with Crippen LogP contribution in [0.25, 0.3) is 11.5 Å². The van der Waals surface area contributed by atoms with Gasteiger partial charge in [0.2, 0.25) is 6.17 Å². The average Bonchev–Trinajstić information content (AvgIpc) is 3.76. The molecule has 0 bridgehead atoms. The number of fused-ring (bicyclic) bond motifs is 1. The molecule has 0 radical (unpaired) electrons. The van der Waals surface area contributed by atoms with Crippen LogP contribution in [0.3, 0.4) is 0 Å². The molecule has 10 nitrogen and oxygen atoms in total. The number of hydrogen-bond donors (Lipinski definition) is 2. The molecule has 2 N–H and O–H groups in total. The summed E-state index contributed by atoms with van der Waals surface area (Å²) in [6.07, 6.45) is 1.36. The highest BCUT2D eigenvalue weighted by Crippen LogP contribution is 2.41. The molecule has 2 aliphatic heterocycles. The maximum absolute atomic E-state index is 13.2. The van der Waals surface area contributed by atoms with E-state index >= 15 is 0 Å². The summed E-state index contributed by atoms with van der Waals surface area (Å²) in [5.41, 5.74) is 4.97. The third kappa shape index (κ3) is 4.74. The van der Waals surface area contributed by atoms with Gasteiger partial charge in [-0.15, -0.1) is 5.10 Å². The molecule has 0 spiro atoms. The Kier molecular flexibility index (Phi) is 6.01. The number of pyridine rings is 1. The number of ether oxygens (including phenoxy) is 1. The van der Waals surface area contributed by atoms with Crippen molar-refractivity contribution < 1.29 is 13.9 Å². The predicted octanol–water partition coefficient (Wildman–Crippen LogP) is 4.07. The first-order chi connectivity index (χ1) is 19.2. The van der Waals surface area contributed by atoms with E-state index in [-0.39, 0.29) is 11.9 Å². The van der Waals surface area contributed by atoms with Crippen molar-refractivity contribution in [2.24, 2.45) is 4.99 Å². The summed E-state index contributed by atoms with van der Waals surface area (Å²) in [6.45, 7) is 2.78. The first-order valence-electron chi connectivity index (χ1n) is 13.2. The number of anilines is 3. The minimum absolute atomic E-state index is 0.103. The molecule has 196 valence electrons. The van der Waals surface area contributed by atoms with E-state index in [0.717, 1.165) is 41.3 Å². The van der Waals surface area contributed by atoms with Gasteiger partial charge >= 0.3 is 6.01 Å². The zero-order valence-electron chi connectivity index (χ0n) is 21.2. The Morgan fingerprint density at radius 3 is 2.51 bits per heavy atom. The van der Waals surface area contributed by atoms with Gasteiger partial charge in [-0.25, -0.2) is 9.98 Å². The summed E-state index contributed by atoms with van der Waals surface area (Å²) >= 11 is 0. The molecule has 1 saturated carbocycles. The number of aliphatic imine (C=N–C) groups is 1. The number of benzodiazepines with no additional fused rings is 1. The number of nitrogens with zero attached hydrogens (tertiary/aromatic N) is 5. The van der Waals surface area contributed by atoms with Gasteiger partial charge in [0, 0.05) is 35.8 Å². The van der Waals surface area contributed by atoms with Gasteiger partial charge in [0.15, 0.2) is 0 Å². The third-order valence-corrected chi connectivity index (χ3v) is 7.11. The fourth-order valence-corrected chi connectivity index (χ4v) is 4.94. The molecule has 1 aliphatic carbocycles. The van der Waals surface area contributed by atoms with Gasteiger partial charge in [0.1, 0.15) is 5.82 Å². The number of nitrogens with one attached hydrogen (secondary N) is 2. The molecule has 1 atom stereocenters. The largest absolute Gasteiger partial charge is 0.403 e. The smallest absolute Gasteiger partial charge is 0.317 e. The summed E-state index contributed by atoms with van der Waals surface area (Å²) in [5.74, 6) is 1.36. The first kappa shape index (κ1) is 23.5. The van der Waals surface area contributed by atoms with Crippen molar-refractivity contribution in [3.8, 4) is 11.5 Å². The maximum atomic E-state index is 13.2. The van der Waals surface area contributed by atoms with E-state index < -0.39 is 6.17 Å². The molecule has 7 rings (SSSR count). The number of hydrogen-bond acceptors (Lipinski definition) is 9. The van der Waals surface area contributed by atoms with Crippen LogP contribution in [0.2, 0.25) is 0 Å². The van der Waals surface area contributed by atoms with Crippen LogP contribution in [0, 0.1) is 0 Å². The second-order valence-electron chi connectivity index (χ2n) is 9.82. The minimum atomic E-state index is -0.977. The second kappa shape index (κ2) is 9.95. The van der Waals surface area contributed by atoms with Gasteiger partial charge in [-0.2, -0.15) is 0 Å². The summed E-state index contributed by atoms with van der Waals surface area (Å²) in [5, 5.41) is 14.5. The molecule has 2 aromatic heterocycles. The predicted molar refractivity (Wildman–Crippen MR) is 147 cm³/mol. The highest BCUT2D eigenvalue weighted by atomic mass is 16.5. The van der Waals surface area contributed by atoms with Crippen LogP contribution < -0.4 is 15.5 Å². The summed E-state index contributed by atoms with van der Waals surface area (Å²) in [7, 11) is 0. The van der Waals surface area contributed by atoms with Gasteiger partial charge in [-0.3, -0.25) is 4.79 Å². The topological polar surface area (TPSA) is 118 Å². The van der Waals surface area contributed by atoms with Crippen LogP contribution in [0.4, 0.5) is 17.5 Å². The monoisotopic (exact) mass is 521 g/mol. The van der Waals surface area contributed by atoms with Crippen molar-refractivity contribution >= 4 is 29.1 Å². The van der Waals surface area contributed by atoms with Crippen LogP contribution in [0.5, 0.6) is 0 Å². The molecule has 39 heavy (non-hydrogen) atoms. The number of rotatable bonds is 6. The number of amides is 1. The highest BCUT2D eigenvalue weighted by Gasteiger charge is 2.30. The van der Waals surface area contributed by atoms with E-state index in [9.17, 15) is 4.79 Å². The molecule has 10 heteroatoms. The summed E-state index contributed by atoms with van der Waals surface area (Å²) in [6, 6.07) is 21.6. The molecule has 3 aliphatic rings. The average molecular weight is 522 g/mol. The van der Waals surface area contributed by atoms with Crippen LogP contribution >= 0.6 is 0 Å². The Labute approximate surface area is 225 Å². The SMILES string of the molecule is O=C1Nc2ccccc2C(c2ccccc2)=N[C@@H]1Nc1nnc(-c2ccc(C3CC3)nc2N2CCOCC2)o1. The molecule has 1 saturated heterocycles. The Morgan fingerprint density at radius 2 is 1.69 bits per heavy atom. The molecule has 2 fully saturated rings. The van der Waals surface area contributed by atoms with Crippen molar-refractivity contribution in [3.63, 3.8) is 0 Å². The fourth-order valence-electron chi connectivity index (χ4n) is 4.94. The Balaban J connectivity index is 1.21. The van der Waals surface area contributed by atoms with Crippen molar-refractivity contribution in [1.82, 2.24) is 15.2 Å². The lowest BCUT2D eigenvalue weighted by Crippen LogP contribution is -2.37. The minimum Gasteiger partial charge on any atom is -0.403 e. The Hall–Kier alpha value is -4.57. The second-order valence-corrected chi connectivity index (χ2v) is 9.82. The number of carbonyl (C=O) groups is 1. The molecule has 1 amide bonds. The Morgan fingerprint density at radius 1 is 0.897 bits per heavy atom. The van der Waals surface area contributed by atoms with Gasteiger partial charge in [0.25, 0.3) is 11.8 Å². The Bertz CT molecular complexity index is 1540. The van der Waals surface area contributed by atoms with Crippen molar-refractivity contribution in [2.75, 3.05) is 41.8 Å². The molecular weight excluding hydrogens is 494 g/mol. The highest BCUT2D eigenvalue weighted by molar-refractivity contribution is 6.19. The molecule has 2 aromatic carbocycles. The number of aromatic nitrogens is 3. The zero-order chi connectivity index (χ0) is 26.2. The van der Waals surface area contributed by atoms with Crippen LogP contribution in [0.1, 0.15) is 35.6 Å². The molecule has 0 unspecified atom stereocenters. The normalized spacial score (nSPS) is 19.1. The van der Waals surface area contributed by atoms with E-state index in [1.807, 2.05) is 66.7 Å². The van der Waals surface area contributed by atoms with Crippen molar-refractivity contribution in [1.29, 1.82) is 0 Å². The van der Waals surface area contributed by atoms with Gasteiger partial charge in [0.05, 0.1) is 30.2 Å².